The third kappa shape index (κ3) is 4.44. The minimum atomic E-state index is -0.0255. The first-order chi connectivity index (χ1) is 11.9. The number of fused-ring (bicyclic) bond motifs is 1. The molecule has 2 aromatic heterocycles. The lowest BCUT2D eigenvalue weighted by molar-refractivity contribution is -0.116. The summed E-state index contributed by atoms with van der Waals surface area (Å²) in [6.07, 6.45) is 5.55. The van der Waals surface area contributed by atoms with Crippen LogP contribution in [0.2, 0.25) is 0 Å². The number of anilines is 1. The van der Waals surface area contributed by atoms with Gasteiger partial charge in [-0.25, -0.2) is 9.50 Å². The predicted octanol–water partition coefficient (Wildman–Crippen LogP) is 3.89. The van der Waals surface area contributed by atoms with Crippen LogP contribution >= 0.6 is 0 Å². The Morgan fingerprint density at radius 2 is 1.92 bits per heavy atom. The zero-order valence-electron chi connectivity index (χ0n) is 15.0. The van der Waals surface area contributed by atoms with E-state index in [4.69, 9.17) is 0 Å². The van der Waals surface area contributed by atoms with Crippen molar-refractivity contribution < 1.29 is 4.79 Å². The highest BCUT2D eigenvalue weighted by Crippen LogP contribution is 2.28. The maximum Gasteiger partial charge on any atom is 0.225 e. The summed E-state index contributed by atoms with van der Waals surface area (Å²) >= 11 is 0. The largest absolute Gasteiger partial charge is 0.309 e. The molecule has 3 rings (SSSR count). The quantitative estimate of drug-likeness (QED) is 0.769. The first-order valence-corrected chi connectivity index (χ1v) is 8.58. The van der Waals surface area contributed by atoms with E-state index in [-0.39, 0.29) is 11.3 Å². The summed E-state index contributed by atoms with van der Waals surface area (Å²) in [6.45, 7) is 6.50. The normalized spacial score (nSPS) is 11.6. The summed E-state index contributed by atoms with van der Waals surface area (Å²) in [6, 6.07) is 11.9. The molecule has 0 atom stereocenters. The molecule has 0 unspecified atom stereocenters. The monoisotopic (exact) mass is 336 g/mol. The van der Waals surface area contributed by atoms with Crippen molar-refractivity contribution in [2.45, 2.75) is 40.0 Å². The molecule has 0 aliphatic rings. The first kappa shape index (κ1) is 17.1. The summed E-state index contributed by atoms with van der Waals surface area (Å²) < 4.78 is 1.73. The van der Waals surface area contributed by atoms with Crippen LogP contribution in [0.15, 0.2) is 48.8 Å². The molecule has 0 saturated carbocycles. The van der Waals surface area contributed by atoms with E-state index in [1.165, 1.54) is 0 Å². The number of aryl methyl sites for hydroxylation is 1. The summed E-state index contributed by atoms with van der Waals surface area (Å²) in [4.78, 5) is 16.8. The van der Waals surface area contributed by atoms with Crippen LogP contribution < -0.4 is 5.32 Å². The van der Waals surface area contributed by atoms with Crippen molar-refractivity contribution in [1.82, 2.24) is 14.6 Å². The van der Waals surface area contributed by atoms with Gasteiger partial charge in [-0.05, 0) is 29.9 Å². The molecule has 5 nitrogen and oxygen atoms in total. The minimum Gasteiger partial charge on any atom is -0.309 e. The molecule has 1 amide bonds. The number of carbonyl (C=O) groups is 1. The maximum absolute atomic E-state index is 12.4. The van der Waals surface area contributed by atoms with E-state index >= 15 is 0 Å². The molecular weight excluding hydrogens is 312 g/mol. The van der Waals surface area contributed by atoms with Gasteiger partial charge in [0.1, 0.15) is 0 Å². The Labute approximate surface area is 148 Å². The van der Waals surface area contributed by atoms with Gasteiger partial charge in [0.05, 0.1) is 0 Å². The lowest BCUT2D eigenvalue weighted by atomic mass is 9.89. The van der Waals surface area contributed by atoms with Gasteiger partial charge in [-0.2, -0.15) is 0 Å². The third-order valence-electron chi connectivity index (χ3n) is 3.94. The van der Waals surface area contributed by atoms with Crippen molar-refractivity contribution in [3.8, 4) is 0 Å². The van der Waals surface area contributed by atoms with Gasteiger partial charge in [-0.1, -0.05) is 51.1 Å². The number of hydrogen-bond donors (Lipinski definition) is 1. The van der Waals surface area contributed by atoms with Crippen LogP contribution in [0.4, 0.5) is 5.82 Å². The Morgan fingerprint density at radius 1 is 1.16 bits per heavy atom. The van der Waals surface area contributed by atoms with Crippen molar-refractivity contribution in [2.24, 2.45) is 5.41 Å². The standard InChI is InChI=1S/C20H24N4O/c1-20(2,3)14-16-18(23-24-13-7-12-21-19(16)24)22-17(25)11-10-15-8-5-4-6-9-15/h4-9,12-13H,10-11,14H2,1-3H3,(H,22,23,25). The smallest absolute Gasteiger partial charge is 0.225 e. The third-order valence-corrected chi connectivity index (χ3v) is 3.94. The molecule has 3 aromatic rings. The van der Waals surface area contributed by atoms with E-state index in [1.807, 2.05) is 42.6 Å². The Hall–Kier alpha value is -2.69. The fourth-order valence-corrected chi connectivity index (χ4v) is 2.82. The molecular formula is C20H24N4O. The molecule has 0 saturated heterocycles. The number of amides is 1. The molecule has 1 aromatic carbocycles. The highest BCUT2D eigenvalue weighted by molar-refractivity contribution is 5.91. The molecule has 0 spiro atoms. The number of benzene rings is 1. The predicted molar refractivity (Wildman–Crippen MR) is 99.5 cm³/mol. The highest BCUT2D eigenvalue weighted by atomic mass is 16.1. The van der Waals surface area contributed by atoms with Gasteiger partial charge in [0.15, 0.2) is 11.5 Å². The van der Waals surface area contributed by atoms with E-state index in [2.05, 4.69) is 36.2 Å². The molecule has 2 heterocycles. The molecule has 1 N–H and O–H groups in total. The average molecular weight is 336 g/mol. The summed E-state index contributed by atoms with van der Waals surface area (Å²) in [5.74, 6) is 0.592. The fourth-order valence-electron chi connectivity index (χ4n) is 2.82. The van der Waals surface area contributed by atoms with E-state index in [1.54, 1.807) is 10.7 Å². The van der Waals surface area contributed by atoms with Crippen LogP contribution in [-0.2, 0) is 17.6 Å². The van der Waals surface area contributed by atoms with E-state index in [0.29, 0.717) is 18.7 Å². The summed E-state index contributed by atoms with van der Waals surface area (Å²) in [5.41, 5.74) is 3.02. The van der Waals surface area contributed by atoms with Gasteiger partial charge in [0.25, 0.3) is 0 Å². The lowest BCUT2D eigenvalue weighted by Gasteiger charge is -2.18. The minimum absolute atomic E-state index is 0.0255. The van der Waals surface area contributed by atoms with Crippen molar-refractivity contribution in [3.63, 3.8) is 0 Å². The Bertz CT molecular complexity index is 862. The first-order valence-electron chi connectivity index (χ1n) is 8.58. The van der Waals surface area contributed by atoms with Crippen LogP contribution in [-0.4, -0.2) is 20.5 Å². The van der Waals surface area contributed by atoms with Crippen LogP contribution in [0.5, 0.6) is 0 Å². The number of hydrogen-bond acceptors (Lipinski definition) is 3. The Kier molecular flexibility index (Phi) is 4.83. The van der Waals surface area contributed by atoms with Gasteiger partial charge < -0.3 is 5.32 Å². The van der Waals surface area contributed by atoms with Crippen LogP contribution in [0.1, 0.15) is 38.3 Å². The fraction of sp³-hybridized carbons (Fsp3) is 0.350. The molecule has 130 valence electrons. The molecule has 0 aliphatic heterocycles. The number of nitrogens with zero attached hydrogens (tertiary/aromatic N) is 3. The summed E-state index contributed by atoms with van der Waals surface area (Å²) in [7, 11) is 0. The topological polar surface area (TPSA) is 59.3 Å². The Balaban J connectivity index is 1.78. The van der Waals surface area contributed by atoms with Gasteiger partial charge in [-0.3, -0.25) is 4.79 Å². The number of carbonyl (C=O) groups excluding carboxylic acids is 1. The van der Waals surface area contributed by atoms with Crippen LogP contribution in [0.25, 0.3) is 5.65 Å². The summed E-state index contributed by atoms with van der Waals surface area (Å²) in [5, 5.41) is 7.50. The highest BCUT2D eigenvalue weighted by Gasteiger charge is 2.21. The van der Waals surface area contributed by atoms with E-state index in [9.17, 15) is 4.79 Å². The Morgan fingerprint density at radius 3 is 2.64 bits per heavy atom. The second-order valence-electron chi connectivity index (χ2n) is 7.49. The van der Waals surface area contributed by atoms with E-state index < -0.39 is 0 Å². The number of nitrogens with one attached hydrogen (secondary N) is 1. The van der Waals surface area contributed by atoms with Crippen molar-refractivity contribution in [3.05, 3.63) is 59.9 Å². The maximum atomic E-state index is 12.4. The SMILES string of the molecule is CC(C)(C)Cc1c(NC(=O)CCc2ccccc2)nn2cccnc12. The molecule has 25 heavy (non-hydrogen) atoms. The second kappa shape index (κ2) is 7.05. The number of rotatable bonds is 5. The van der Waals surface area contributed by atoms with Crippen LogP contribution in [0, 0.1) is 5.41 Å². The van der Waals surface area contributed by atoms with Gasteiger partial charge >= 0.3 is 0 Å². The van der Waals surface area contributed by atoms with Gasteiger partial charge in [0, 0.05) is 24.4 Å². The lowest BCUT2D eigenvalue weighted by Crippen LogP contribution is -2.16. The molecule has 0 fully saturated rings. The number of aromatic nitrogens is 3. The van der Waals surface area contributed by atoms with Crippen molar-refractivity contribution in [1.29, 1.82) is 0 Å². The van der Waals surface area contributed by atoms with E-state index in [0.717, 1.165) is 23.2 Å². The van der Waals surface area contributed by atoms with Crippen molar-refractivity contribution >= 4 is 17.4 Å². The molecule has 0 radical (unpaired) electrons. The zero-order chi connectivity index (χ0) is 17.9. The average Bonchev–Trinajstić information content (AvgIpc) is 2.90. The molecule has 5 heteroatoms. The van der Waals surface area contributed by atoms with Gasteiger partial charge in [0.2, 0.25) is 5.91 Å². The van der Waals surface area contributed by atoms with Gasteiger partial charge in [-0.15, -0.1) is 5.10 Å². The zero-order valence-corrected chi connectivity index (χ0v) is 15.0. The molecule has 0 bridgehead atoms. The molecule has 0 aliphatic carbocycles. The van der Waals surface area contributed by atoms with Crippen LogP contribution in [0.3, 0.4) is 0 Å². The van der Waals surface area contributed by atoms with Crippen molar-refractivity contribution in [2.75, 3.05) is 5.32 Å². The second-order valence-corrected chi connectivity index (χ2v) is 7.49.